The second-order valence-electron chi connectivity index (χ2n) is 9.28. The van der Waals surface area contributed by atoms with Crippen LogP contribution in [0.15, 0.2) is 71.5 Å². The van der Waals surface area contributed by atoms with Crippen molar-refractivity contribution >= 4 is 16.8 Å². The molecule has 0 N–H and O–H groups in total. The van der Waals surface area contributed by atoms with E-state index < -0.39 is 0 Å². The Bertz CT molecular complexity index is 1510. The molecule has 2 aliphatic rings. The molecule has 0 spiro atoms. The first-order valence-corrected chi connectivity index (χ1v) is 12.4. The quantitative estimate of drug-likeness (QED) is 0.419. The van der Waals surface area contributed by atoms with E-state index in [2.05, 4.69) is 4.98 Å². The number of para-hydroxylation sites is 1. The standard InChI is InChI=1S/C29H27N3O4/c1-19-30-24-7-3-2-6-23(24)29(34)32(19)22-12-9-20(10-13-22)28(33)31-15-4-8-25(31)21-11-14-26-27(18-21)36-17-5-16-35-26/h2-3,6-7,9-14,18,25H,4-5,8,15-17H2,1H3/t25-/m1/s1. The Morgan fingerprint density at radius 3 is 2.56 bits per heavy atom. The first-order valence-electron chi connectivity index (χ1n) is 12.4. The van der Waals surface area contributed by atoms with Crippen LogP contribution >= 0.6 is 0 Å². The molecule has 182 valence electrons. The second-order valence-corrected chi connectivity index (χ2v) is 9.28. The van der Waals surface area contributed by atoms with Gasteiger partial charge in [-0.25, -0.2) is 4.98 Å². The van der Waals surface area contributed by atoms with E-state index >= 15 is 0 Å². The molecular formula is C29H27N3O4. The number of carbonyl (C=O) groups excluding carboxylic acids is 1. The first kappa shape index (κ1) is 22.3. The molecule has 1 fully saturated rings. The van der Waals surface area contributed by atoms with Crippen molar-refractivity contribution < 1.29 is 14.3 Å². The van der Waals surface area contributed by atoms with Crippen LogP contribution < -0.4 is 15.0 Å². The summed E-state index contributed by atoms with van der Waals surface area (Å²) in [7, 11) is 0. The second kappa shape index (κ2) is 9.15. The van der Waals surface area contributed by atoms with Gasteiger partial charge in [0.25, 0.3) is 11.5 Å². The van der Waals surface area contributed by atoms with Gasteiger partial charge in [0.05, 0.1) is 35.8 Å². The van der Waals surface area contributed by atoms with Crippen molar-refractivity contribution in [3.8, 4) is 17.2 Å². The third-order valence-electron chi connectivity index (χ3n) is 6.99. The lowest BCUT2D eigenvalue weighted by Gasteiger charge is -2.26. The zero-order chi connectivity index (χ0) is 24.6. The van der Waals surface area contributed by atoms with Crippen LogP contribution in [0, 0.1) is 6.92 Å². The summed E-state index contributed by atoms with van der Waals surface area (Å²) in [5, 5.41) is 0.568. The van der Waals surface area contributed by atoms with Crippen LogP contribution in [0.5, 0.6) is 11.5 Å². The van der Waals surface area contributed by atoms with Gasteiger partial charge >= 0.3 is 0 Å². The van der Waals surface area contributed by atoms with Crippen LogP contribution in [0.1, 0.15) is 47.1 Å². The van der Waals surface area contributed by atoms with E-state index in [1.807, 2.05) is 60.4 Å². The van der Waals surface area contributed by atoms with Crippen molar-refractivity contribution in [1.82, 2.24) is 14.5 Å². The van der Waals surface area contributed by atoms with E-state index in [0.717, 1.165) is 36.3 Å². The van der Waals surface area contributed by atoms with Crippen LogP contribution in [-0.4, -0.2) is 40.1 Å². The number of hydrogen-bond donors (Lipinski definition) is 0. The van der Waals surface area contributed by atoms with Gasteiger partial charge in [-0.3, -0.25) is 14.2 Å². The smallest absolute Gasteiger partial charge is 0.265 e. The molecule has 1 aromatic heterocycles. The largest absolute Gasteiger partial charge is 0.490 e. The van der Waals surface area contributed by atoms with E-state index in [-0.39, 0.29) is 17.5 Å². The van der Waals surface area contributed by atoms with Crippen LogP contribution in [0.4, 0.5) is 0 Å². The van der Waals surface area contributed by atoms with Gasteiger partial charge in [0.1, 0.15) is 5.82 Å². The van der Waals surface area contributed by atoms with Gasteiger partial charge in [-0.1, -0.05) is 18.2 Å². The van der Waals surface area contributed by atoms with E-state index in [1.165, 1.54) is 0 Å². The summed E-state index contributed by atoms with van der Waals surface area (Å²) in [5.41, 5.74) is 2.91. The van der Waals surface area contributed by atoms with Crippen LogP contribution in [0.25, 0.3) is 16.6 Å². The van der Waals surface area contributed by atoms with Crippen LogP contribution in [0.3, 0.4) is 0 Å². The topological polar surface area (TPSA) is 73.7 Å². The van der Waals surface area contributed by atoms with Gasteiger partial charge in [-0.2, -0.15) is 0 Å². The summed E-state index contributed by atoms with van der Waals surface area (Å²) < 4.78 is 13.2. The predicted molar refractivity (Wildman–Crippen MR) is 137 cm³/mol. The zero-order valence-corrected chi connectivity index (χ0v) is 20.1. The highest BCUT2D eigenvalue weighted by Crippen LogP contribution is 2.38. The van der Waals surface area contributed by atoms with Crippen molar-refractivity contribution in [1.29, 1.82) is 0 Å². The molecule has 36 heavy (non-hydrogen) atoms. The number of likely N-dealkylation sites (tertiary alicyclic amines) is 1. The summed E-state index contributed by atoms with van der Waals surface area (Å²) in [6, 6.07) is 20.5. The maximum atomic E-state index is 13.5. The summed E-state index contributed by atoms with van der Waals surface area (Å²) in [6.07, 6.45) is 2.70. The van der Waals surface area contributed by atoms with Crippen molar-refractivity contribution in [3.05, 3.63) is 94.0 Å². The Balaban J connectivity index is 1.28. The molecule has 3 heterocycles. The number of benzene rings is 3. The lowest BCUT2D eigenvalue weighted by atomic mass is 10.0. The average molecular weight is 482 g/mol. The minimum absolute atomic E-state index is 0.0103. The van der Waals surface area contributed by atoms with Gasteiger partial charge in [0.2, 0.25) is 0 Å². The van der Waals surface area contributed by atoms with Crippen molar-refractivity contribution in [2.24, 2.45) is 0 Å². The highest BCUT2D eigenvalue weighted by atomic mass is 16.5. The molecule has 7 nitrogen and oxygen atoms in total. The van der Waals surface area contributed by atoms with E-state index in [4.69, 9.17) is 9.47 Å². The van der Waals surface area contributed by atoms with Gasteiger partial charge in [0.15, 0.2) is 11.5 Å². The number of hydrogen-bond acceptors (Lipinski definition) is 5. The average Bonchev–Trinajstić information content (AvgIpc) is 3.27. The summed E-state index contributed by atoms with van der Waals surface area (Å²) >= 11 is 0. The molecule has 0 saturated carbocycles. The van der Waals surface area contributed by atoms with Crippen molar-refractivity contribution in [3.63, 3.8) is 0 Å². The van der Waals surface area contributed by atoms with Gasteiger partial charge in [-0.05, 0) is 73.9 Å². The monoisotopic (exact) mass is 481 g/mol. The number of ether oxygens (including phenoxy) is 2. The normalized spacial score (nSPS) is 17.2. The number of aromatic nitrogens is 2. The third kappa shape index (κ3) is 3.90. The molecule has 0 bridgehead atoms. The number of aryl methyl sites for hydroxylation is 1. The highest BCUT2D eigenvalue weighted by Gasteiger charge is 2.31. The van der Waals surface area contributed by atoms with Gasteiger partial charge in [0, 0.05) is 18.5 Å². The zero-order valence-electron chi connectivity index (χ0n) is 20.1. The lowest BCUT2D eigenvalue weighted by Crippen LogP contribution is -2.30. The minimum Gasteiger partial charge on any atom is -0.490 e. The SMILES string of the molecule is Cc1nc2ccccc2c(=O)n1-c1ccc(C(=O)N2CCC[C@@H]2c2ccc3c(c2)OCCCO3)cc1. The lowest BCUT2D eigenvalue weighted by molar-refractivity contribution is 0.0735. The van der Waals surface area contributed by atoms with E-state index in [1.54, 1.807) is 22.8 Å². The molecular weight excluding hydrogens is 454 g/mol. The summed E-state index contributed by atoms with van der Waals surface area (Å²) in [5.74, 6) is 2.10. The molecule has 0 radical (unpaired) electrons. The molecule has 7 heteroatoms. The maximum Gasteiger partial charge on any atom is 0.265 e. The number of nitrogens with zero attached hydrogens (tertiary/aromatic N) is 3. The molecule has 2 aliphatic heterocycles. The fraction of sp³-hybridized carbons (Fsp3) is 0.276. The summed E-state index contributed by atoms with van der Waals surface area (Å²) in [6.45, 7) is 3.80. The Hall–Kier alpha value is -4.13. The Kier molecular flexibility index (Phi) is 5.68. The van der Waals surface area contributed by atoms with Crippen LogP contribution in [-0.2, 0) is 0 Å². The Labute approximate surface area is 208 Å². The molecule has 0 unspecified atom stereocenters. The number of carbonyl (C=O) groups is 1. The third-order valence-corrected chi connectivity index (χ3v) is 6.99. The molecule has 4 aromatic rings. The molecule has 0 aliphatic carbocycles. The highest BCUT2D eigenvalue weighted by molar-refractivity contribution is 5.95. The van der Waals surface area contributed by atoms with E-state index in [0.29, 0.717) is 47.7 Å². The summed E-state index contributed by atoms with van der Waals surface area (Å²) in [4.78, 5) is 33.2. The fourth-order valence-corrected chi connectivity index (χ4v) is 5.21. The number of amides is 1. The minimum atomic E-state index is -0.119. The molecule has 1 atom stereocenters. The predicted octanol–water partition coefficient (Wildman–Crippen LogP) is 4.83. The number of fused-ring (bicyclic) bond motifs is 2. The van der Waals surface area contributed by atoms with Crippen molar-refractivity contribution in [2.45, 2.75) is 32.2 Å². The number of rotatable bonds is 3. The fourth-order valence-electron chi connectivity index (χ4n) is 5.21. The van der Waals surface area contributed by atoms with Gasteiger partial charge in [-0.15, -0.1) is 0 Å². The Morgan fingerprint density at radius 1 is 0.944 bits per heavy atom. The van der Waals surface area contributed by atoms with Gasteiger partial charge < -0.3 is 14.4 Å². The molecule has 1 amide bonds. The van der Waals surface area contributed by atoms with Crippen molar-refractivity contribution in [2.75, 3.05) is 19.8 Å². The molecule has 1 saturated heterocycles. The first-order chi connectivity index (χ1) is 17.6. The Morgan fingerprint density at radius 2 is 1.72 bits per heavy atom. The maximum absolute atomic E-state index is 13.5. The van der Waals surface area contributed by atoms with Crippen LogP contribution in [0.2, 0.25) is 0 Å². The molecule has 3 aromatic carbocycles. The van der Waals surface area contributed by atoms with E-state index in [9.17, 15) is 9.59 Å². The molecule has 6 rings (SSSR count).